The standard InChI is InChI=1S/C13H26N2/c1-14-13-7-4-9-15(11-13)10-8-12-5-2-3-6-12/h12-14H,2-11H2,1H3. The average Bonchev–Trinajstić information content (AvgIpc) is 2.79. The average molecular weight is 210 g/mol. The Hall–Kier alpha value is -0.0800. The van der Waals surface area contributed by atoms with Crippen LogP contribution in [0.15, 0.2) is 0 Å². The molecule has 0 spiro atoms. The number of likely N-dealkylation sites (N-methyl/N-ethyl adjacent to an activating group) is 1. The van der Waals surface area contributed by atoms with Crippen molar-refractivity contribution in [3.63, 3.8) is 0 Å². The molecule has 2 aliphatic rings. The number of nitrogens with zero attached hydrogens (tertiary/aromatic N) is 1. The van der Waals surface area contributed by atoms with Gasteiger partial charge in [-0.05, 0) is 45.3 Å². The highest BCUT2D eigenvalue weighted by Crippen LogP contribution is 2.27. The summed E-state index contributed by atoms with van der Waals surface area (Å²) >= 11 is 0. The Balaban J connectivity index is 1.65. The molecular weight excluding hydrogens is 184 g/mol. The smallest absolute Gasteiger partial charge is 0.0192 e. The second-order valence-electron chi connectivity index (χ2n) is 5.37. The molecule has 2 nitrogen and oxygen atoms in total. The molecule has 1 saturated carbocycles. The van der Waals surface area contributed by atoms with Gasteiger partial charge in [0.1, 0.15) is 0 Å². The molecule has 0 aromatic heterocycles. The first-order chi connectivity index (χ1) is 7.38. The van der Waals surface area contributed by atoms with E-state index < -0.39 is 0 Å². The zero-order valence-electron chi connectivity index (χ0n) is 10.2. The minimum absolute atomic E-state index is 0.752. The van der Waals surface area contributed by atoms with Gasteiger partial charge in [0.2, 0.25) is 0 Å². The lowest BCUT2D eigenvalue weighted by molar-refractivity contribution is 0.184. The molecule has 0 bridgehead atoms. The first kappa shape index (κ1) is 11.4. The van der Waals surface area contributed by atoms with Crippen LogP contribution in [0.5, 0.6) is 0 Å². The molecule has 2 fully saturated rings. The van der Waals surface area contributed by atoms with Crippen LogP contribution < -0.4 is 5.32 Å². The van der Waals surface area contributed by atoms with E-state index in [0.29, 0.717) is 0 Å². The van der Waals surface area contributed by atoms with Crippen LogP contribution in [0.2, 0.25) is 0 Å². The Kier molecular flexibility index (Phi) is 4.45. The van der Waals surface area contributed by atoms with Crippen LogP contribution in [0.25, 0.3) is 0 Å². The summed E-state index contributed by atoms with van der Waals surface area (Å²) in [4.78, 5) is 2.67. The number of nitrogens with one attached hydrogen (secondary N) is 1. The summed E-state index contributed by atoms with van der Waals surface area (Å²) in [6.45, 7) is 3.97. The quantitative estimate of drug-likeness (QED) is 0.765. The molecule has 1 N–H and O–H groups in total. The van der Waals surface area contributed by atoms with Crippen molar-refractivity contribution in [2.45, 2.75) is 51.0 Å². The number of piperidine rings is 1. The van der Waals surface area contributed by atoms with Crippen LogP contribution in [0.4, 0.5) is 0 Å². The molecule has 1 heterocycles. The van der Waals surface area contributed by atoms with Gasteiger partial charge in [0.25, 0.3) is 0 Å². The molecule has 1 unspecified atom stereocenters. The van der Waals surface area contributed by atoms with Crippen molar-refractivity contribution in [1.82, 2.24) is 10.2 Å². The van der Waals surface area contributed by atoms with E-state index >= 15 is 0 Å². The van der Waals surface area contributed by atoms with Crippen molar-refractivity contribution in [2.75, 3.05) is 26.7 Å². The summed E-state index contributed by atoms with van der Waals surface area (Å²) in [7, 11) is 2.10. The molecular formula is C13H26N2. The normalized spacial score (nSPS) is 29.8. The van der Waals surface area contributed by atoms with Crippen molar-refractivity contribution in [3.8, 4) is 0 Å². The van der Waals surface area contributed by atoms with Gasteiger partial charge in [0, 0.05) is 12.6 Å². The summed E-state index contributed by atoms with van der Waals surface area (Å²) in [5, 5.41) is 3.42. The van der Waals surface area contributed by atoms with Gasteiger partial charge in [-0.15, -0.1) is 0 Å². The van der Waals surface area contributed by atoms with Crippen LogP contribution >= 0.6 is 0 Å². The maximum Gasteiger partial charge on any atom is 0.0192 e. The fourth-order valence-electron chi connectivity index (χ4n) is 3.16. The Labute approximate surface area is 94.4 Å². The largest absolute Gasteiger partial charge is 0.316 e. The summed E-state index contributed by atoms with van der Waals surface area (Å²) in [5.74, 6) is 1.06. The third-order valence-electron chi connectivity index (χ3n) is 4.24. The van der Waals surface area contributed by atoms with Gasteiger partial charge in [-0.1, -0.05) is 25.7 Å². The van der Waals surface area contributed by atoms with Crippen LogP contribution in [0, 0.1) is 5.92 Å². The minimum Gasteiger partial charge on any atom is -0.316 e. The lowest BCUT2D eigenvalue weighted by Gasteiger charge is -2.33. The maximum absolute atomic E-state index is 3.42. The molecule has 0 radical (unpaired) electrons. The van der Waals surface area contributed by atoms with E-state index in [2.05, 4.69) is 17.3 Å². The third-order valence-corrected chi connectivity index (χ3v) is 4.24. The van der Waals surface area contributed by atoms with Gasteiger partial charge >= 0.3 is 0 Å². The van der Waals surface area contributed by atoms with Gasteiger partial charge in [0.05, 0.1) is 0 Å². The van der Waals surface area contributed by atoms with Crippen molar-refractivity contribution in [3.05, 3.63) is 0 Å². The predicted octanol–water partition coefficient (Wildman–Crippen LogP) is 2.25. The number of hydrogen-bond acceptors (Lipinski definition) is 2. The third kappa shape index (κ3) is 3.46. The molecule has 0 aromatic rings. The van der Waals surface area contributed by atoms with Crippen LogP contribution in [-0.2, 0) is 0 Å². The van der Waals surface area contributed by atoms with E-state index in [4.69, 9.17) is 0 Å². The van der Waals surface area contributed by atoms with E-state index in [1.54, 1.807) is 0 Å². The highest BCUT2D eigenvalue weighted by atomic mass is 15.2. The Morgan fingerprint density at radius 3 is 2.67 bits per heavy atom. The lowest BCUT2D eigenvalue weighted by Crippen LogP contribution is -2.44. The van der Waals surface area contributed by atoms with E-state index in [-0.39, 0.29) is 0 Å². The molecule has 0 amide bonds. The van der Waals surface area contributed by atoms with Crippen molar-refractivity contribution in [2.24, 2.45) is 5.92 Å². The number of hydrogen-bond donors (Lipinski definition) is 1. The number of rotatable bonds is 4. The van der Waals surface area contributed by atoms with Gasteiger partial charge in [-0.2, -0.15) is 0 Å². The SMILES string of the molecule is CNC1CCCN(CCC2CCCC2)C1. The second-order valence-corrected chi connectivity index (χ2v) is 5.37. The highest BCUT2D eigenvalue weighted by Gasteiger charge is 2.20. The summed E-state index contributed by atoms with van der Waals surface area (Å²) in [6.07, 6.45) is 10.2. The molecule has 1 aliphatic heterocycles. The minimum atomic E-state index is 0.752. The van der Waals surface area contributed by atoms with Crippen LogP contribution in [-0.4, -0.2) is 37.6 Å². The van der Waals surface area contributed by atoms with Crippen LogP contribution in [0.3, 0.4) is 0 Å². The second kappa shape index (κ2) is 5.86. The zero-order valence-corrected chi connectivity index (χ0v) is 10.2. The van der Waals surface area contributed by atoms with E-state index in [1.165, 1.54) is 64.6 Å². The molecule has 1 atom stereocenters. The monoisotopic (exact) mass is 210 g/mol. The number of likely N-dealkylation sites (tertiary alicyclic amines) is 1. The van der Waals surface area contributed by atoms with Crippen molar-refractivity contribution >= 4 is 0 Å². The summed E-state index contributed by atoms with van der Waals surface area (Å²) < 4.78 is 0. The van der Waals surface area contributed by atoms with E-state index in [1.807, 2.05) is 0 Å². The summed E-state index contributed by atoms with van der Waals surface area (Å²) in [5.41, 5.74) is 0. The van der Waals surface area contributed by atoms with Gasteiger partial charge in [-0.3, -0.25) is 0 Å². The van der Waals surface area contributed by atoms with Crippen molar-refractivity contribution in [1.29, 1.82) is 0 Å². The van der Waals surface area contributed by atoms with E-state index in [0.717, 1.165) is 12.0 Å². The van der Waals surface area contributed by atoms with E-state index in [9.17, 15) is 0 Å². The first-order valence-electron chi connectivity index (χ1n) is 6.78. The molecule has 15 heavy (non-hydrogen) atoms. The van der Waals surface area contributed by atoms with Gasteiger partial charge in [0.15, 0.2) is 0 Å². The Morgan fingerprint density at radius 1 is 1.13 bits per heavy atom. The Morgan fingerprint density at radius 2 is 1.93 bits per heavy atom. The predicted molar refractivity (Wildman–Crippen MR) is 65.1 cm³/mol. The van der Waals surface area contributed by atoms with Crippen LogP contribution in [0.1, 0.15) is 44.9 Å². The van der Waals surface area contributed by atoms with Gasteiger partial charge in [-0.25, -0.2) is 0 Å². The van der Waals surface area contributed by atoms with Crippen molar-refractivity contribution < 1.29 is 0 Å². The molecule has 0 aromatic carbocycles. The molecule has 1 aliphatic carbocycles. The fraction of sp³-hybridized carbons (Fsp3) is 1.00. The molecule has 2 heteroatoms. The maximum atomic E-state index is 3.42. The Bertz CT molecular complexity index is 175. The first-order valence-corrected chi connectivity index (χ1v) is 6.78. The topological polar surface area (TPSA) is 15.3 Å². The van der Waals surface area contributed by atoms with Gasteiger partial charge < -0.3 is 10.2 Å². The fourth-order valence-corrected chi connectivity index (χ4v) is 3.16. The summed E-state index contributed by atoms with van der Waals surface area (Å²) in [6, 6.07) is 0.752. The zero-order chi connectivity index (χ0) is 10.5. The lowest BCUT2D eigenvalue weighted by atomic mass is 10.0. The molecule has 1 saturated heterocycles. The molecule has 88 valence electrons. The molecule has 2 rings (SSSR count). The highest BCUT2D eigenvalue weighted by molar-refractivity contribution is 4.78.